The lowest BCUT2D eigenvalue weighted by atomic mass is 10.0. The molecule has 9 aliphatic heterocycles. The average molecular weight is 923 g/mol. The van der Waals surface area contributed by atoms with Crippen LogP contribution in [0.4, 0.5) is 0 Å². The third-order valence-electron chi connectivity index (χ3n) is 11.8. The lowest BCUT2D eigenvalue weighted by Crippen LogP contribution is -2.53. The van der Waals surface area contributed by atoms with E-state index in [1.165, 1.54) is 12.8 Å². The standard InChI is InChI=1S/C24H38O12.C19H32O9/c1(15-3-27-15)25-13-21(33-9-17-5-29-17)23(35-11-19-7-31-19)24(36-12-20-8-32-20)22(34-10-18-6-30-18)14-26-2-16-4-28-16;20-16(10-23-4-13-5-24-13)19(28-9-15-7-26-15)18(21)17(27-8-14-6-25-14)11-22-3-12-1-2-12/h15-24H,1-14H2;12-21H,1-11H2. The Kier molecular flexibility index (Phi) is 18.5. The van der Waals surface area contributed by atoms with E-state index in [1.54, 1.807) is 0 Å². The molecule has 0 bridgehead atoms. The molecule has 9 heterocycles. The molecule has 64 heavy (non-hydrogen) atoms. The highest BCUT2D eigenvalue weighted by Crippen LogP contribution is 2.30. The maximum absolute atomic E-state index is 11.0. The van der Waals surface area contributed by atoms with Gasteiger partial charge in [-0.05, 0) is 18.8 Å². The van der Waals surface area contributed by atoms with Crippen LogP contribution in [0.5, 0.6) is 0 Å². The Bertz CT molecular complexity index is 1260. The molecule has 0 radical (unpaired) electrons. The minimum atomic E-state index is -1.06. The van der Waals surface area contributed by atoms with Crippen molar-refractivity contribution in [3.63, 3.8) is 0 Å². The molecule has 0 aromatic heterocycles. The summed E-state index contributed by atoms with van der Waals surface area (Å²) in [4.78, 5) is 0. The molecular weight excluding hydrogens is 852 g/mol. The molecule has 21 heteroatoms. The van der Waals surface area contributed by atoms with Crippen molar-refractivity contribution in [1.29, 1.82) is 0 Å². The van der Waals surface area contributed by atoms with Crippen molar-refractivity contribution < 1.29 is 100 Å². The summed E-state index contributed by atoms with van der Waals surface area (Å²) in [5, 5.41) is 21.6. The van der Waals surface area contributed by atoms with Gasteiger partial charge < -0.3 is 100 Å². The molecule has 10 aliphatic rings. The zero-order valence-corrected chi connectivity index (χ0v) is 36.7. The number of hydrogen-bond acceptors (Lipinski definition) is 21. The van der Waals surface area contributed by atoms with E-state index in [-0.39, 0.29) is 68.1 Å². The Hall–Kier alpha value is -0.840. The molecule has 1 saturated carbocycles. The Labute approximate surface area is 374 Å². The summed E-state index contributed by atoms with van der Waals surface area (Å²) in [7, 11) is 0. The number of ether oxygens (including phenoxy) is 19. The molecule has 10 rings (SSSR count). The summed E-state index contributed by atoms with van der Waals surface area (Å²) in [6, 6.07) is 0. The molecule has 0 spiro atoms. The first kappa shape index (κ1) is 48.2. The molecule has 9 saturated heterocycles. The van der Waals surface area contributed by atoms with Crippen LogP contribution in [0.25, 0.3) is 0 Å². The number of aliphatic hydroxyl groups is 2. The van der Waals surface area contributed by atoms with E-state index >= 15 is 0 Å². The lowest BCUT2D eigenvalue weighted by Gasteiger charge is -2.37. The molecule has 10 fully saturated rings. The summed E-state index contributed by atoms with van der Waals surface area (Å²) in [5.41, 5.74) is 0. The fourth-order valence-electron chi connectivity index (χ4n) is 6.71. The second kappa shape index (κ2) is 24.6. The Morgan fingerprint density at radius 1 is 0.328 bits per heavy atom. The number of hydrogen-bond donors (Lipinski definition) is 2. The van der Waals surface area contributed by atoms with Crippen LogP contribution in [-0.4, -0.2) is 266 Å². The highest BCUT2D eigenvalue weighted by Gasteiger charge is 2.44. The van der Waals surface area contributed by atoms with Gasteiger partial charge in [0.05, 0.1) is 145 Å². The van der Waals surface area contributed by atoms with E-state index in [0.717, 1.165) is 13.2 Å². The summed E-state index contributed by atoms with van der Waals surface area (Å²) in [6.07, 6.45) is -2.07. The SMILES string of the molecule is C(OCC(OCC1CO1)C(OCC1CO1)C(OCC1CO1)C(COCC1CO1)OCC1CO1)C1CO1.OC(COCC1CO1)C(OCC1CO1)C(O)C(COCC1CC1)OCC1CO1. The normalized spacial score (nSPS) is 34.9. The Morgan fingerprint density at radius 3 is 0.969 bits per heavy atom. The van der Waals surface area contributed by atoms with Crippen molar-refractivity contribution in [2.75, 3.05) is 152 Å². The summed E-state index contributed by atoms with van der Waals surface area (Å²) in [5.74, 6) is 0.618. The van der Waals surface area contributed by atoms with Crippen LogP contribution in [0, 0.1) is 5.92 Å². The zero-order valence-electron chi connectivity index (χ0n) is 36.7. The van der Waals surface area contributed by atoms with E-state index in [9.17, 15) is 10.2 Å². The van der Waals surface area contributed by atoms with Crippen molar-refractivity contribution in [3.05, 3.63) is 0 Å². The smallest absolute Gasteiger partial charge is 0.115 e. The van der Waals surface area contributed by atoms with Crippen LogP contribution in [0.1, 0.15) is 12.8 Å². The fraction of sp³-hybridized carbons (Fsp3) is 1.00. The highest BCUT2D eigenvalue weighted by molar-refractivity contribution is 4.91. The van der Waals surface area contributed by atoms with Gasteiger partial charge in [-0.15, -0.1) is 0 Å². The molecule has 0 aromatic carbocycles. The molecule has 0 amide bonds. The Balaban J connectivity index is 0.000000167. The third kappa shape index (κ3) is 19.3. The second-order valence-corrected chi connectivity index (χ2v) is 18.3. The lowest BCUT2D eigenvalue weighted by molar-refractivity contribution is -0.200. The van der Waals surface area contributed by atoms with Crippen molar-refractivity contribution in [3.8, 4) is 0 Å². The van der Waals surface area contributed by atoms with Crippen LogP contribution in [-0.2, 0) is 90.0 Å². The first-order chi connectivity index (χ1) is 31.5. The number of epoxide rings is 9. The van der Waals surface area contributed by atoms with Crippen LogP contribution in [0.3, 0.4) is 0 Å². The predicted octanol–water partition coefficient (Wildman–Crippen LogP) is -1.93. The molecule has 2 N–H and O–H groups in total. The van der Waals surface area contributed by atoms with Gasteiger partial charge in [0.15, 0.2) is 0 Å². The van der Waals surface area contributed by atoms with Crippen molar-refractivity contribution in [2.24, 2.45) is 5.92 Å². The molecule has 0 aromatic rings. The van der Waals surface area contributed by atoms with Crippen LogP contribution in [0.15, 0.2) is 0 Å². The predicted molar refractivity (Wildman–Crippen MR) is 214 cm³/mol. The molecule has 21 nitrogen and oxygen atoms in total. The summed E-state index contributed by atoms with van der Waals surface area (Å²) >= 11 is 0. The second-order valence-electron chi connectivity index (χ2n) is 18.3. The van der Waals surface area contributed by atoms with Crippen LogP contribution >= 0.6 is 0 Å². The maximum Gasteiger partial charge on any atom is 0.115 e. The number of aliphatic hydroxyl groups excluding tert-OH is 2. The first-order valence-electron chi connectivity index (χ1n) is 23.4. The fourth-order valence-corrected chi connectivity index (χ4v) is 6.71. The van der Waals surface area contributed by atoms with Crippen LogP contribution in [0.2, 0.25) is 0 Å². The first-order valence-corrected chi connectivity index (χ1v) is 23.4. The third-order valence-corrected chi connectivity index (χ3v) is 11.8. The van der Waals surface area contributed by atoms with E-state index in [2.05, 4.69) is 0 Å². The molecule has 368 valence electrons. The minimum Gasteiger partial charge on any atom is -0.388 e. The largest absolute Gasteiger partial charge is 0.388 e. The van der Waals surface area contributed by atoms with E-state index < -0.39 is 48.8 Å². The Morgan fingerprint density at radius 2 is 0.609 bits per heavy atom. The van der Waals surface area contributed by atoms with Gasteiger partial charge in [0, 0.05) is 6.61 Å². The van der Waals surface area contributed by atoms with Gasteiger partial charge in [0.1, 0.15) is 104 Å². The summed E-state index contributed by atoms with van der Waals surface area (Å²) in [6.45, 7) is 11.8. The quantitative estimate of drug-likeness (QED) is 0.0636. The van der Waals surface area contributed by atoms with Gasteiger partial charge in [0.2, 0.25) is 0 Å². The van der Waals surface area contributed by atoms with Gasteiger partial charge in [-0.3, -0.25) is 0 Å². The van der Waals surface area contributed by atoms with Crippen molar-refractivity contribution in [1.82, 2.24) is 0 Å². The molecular formula is C43H70O21. The monoisotopic (exact) mass is 922 g/mol. The maximum atomic E-state index is 11.0. The van der Waals surface area contributed by atoms with E-state index in [4.69, 9.17) is 90.0 Å². The van der Waals surface area contributed by atoms with Gasteiger partial charge in [-0.2, -0.15) is 0 Å². The van der Waals surface area contributed by atoms with Gasteiger partial charge >= 0.3 is 0 Å². The van der Waals surface area contributed by atoms with Gasteiger partial charge in [-0.1, -0.05) is 0 Å². The average Bonchev–Trinajstić information content (AvgIpc) is 4.09. The minimum absolute atomic E-state index is 0.0213. The summed E-state index contributed by atoms with van der Waals surface area (Å²) < 4.78 is 108. The van der Waals surface area contributed by atoms with Crippen molar-refractivity contribution in [2.45, 2.75) is 117 Å². The molecule has 17 atom stereocenters. The highest BCUT2D eigenvalue weighted by atomic mass is 16.7. The number of rotatable bonds is 40. The van der Waals surface area contributed by atoms with E-state index in [1.807, 2.05) is 0 Å². The van der Waals surface area contributed by atoms with E-state index in [0.29, 0.717) is 131 Å². The van der Waals surface area contributed by atoms with Crippen LogP contribution < -0.4 is 0 Å². The molecule has 17 unspecified atom stereocenters. The topological polar surface area (TPSA) is 246 Å². The van der Waals surface area contributed by atoms with Crippen molar-refractivity contribution >= 4 is 0 Å². The zero-order chi connectivity index (χ0) is 43.5. The molecule has 1 aliphatic carbocycles. The van der Waals surface area contributed by atoms with Gasteiger partial charge in [0.25, 0.3) is 0 Å². The van der Waals surface area contributed by atoms with Gasteiger partial charge in [-0.25, -0.2) is 0 Å².